The maximum Gasteiger partial charge on any atom is 0.246 e. The van der Waals surface area contributed by atoms with Crippen LogP contribution in [0.25, 0.3) is 0 Å². The number of hydrogen-bond acceptors (Lipinski definition) is 4. The third-order valence-corrected chi connectivity index (χ3v) is 8.67. The van der Waals surface area contributed by atoms with Crippen molar-refractivity contribution in [2.45, 2.75) is 44.0 Å². The Balaban J connectivity index is 1.59. The van der Waals surface area contributed by atoms with E-state index in [1.807, 2.05) is 30.0 Å². The molecule has 2 unspecified atom stereocenters. The van der Waals surface area contributed by atoms with Gasteiger partial charge in [-0.05, 0) is 75.1 Å². The van der Waals surface area contributed by atoms with Crippen molar-refractivity contribution in [3.63, 3.8) is 0 Å². The molecule has 0 bridgehead atoms. The van der Waals surface area contributed by atoms with Crippen molar-refractivity contribution in [1.82, 2.24) is 4.31 Å². The highest BCUT2D eigenvalue weighted by Crippen LogP contribution is 2.37. The zero-order chi connectivity index (χ0) is 23.0. The van der Waals surface area contributed by atoms with E-state index in [1.54, 1.807) is 19.1 Å². The van der Waals surface area contributed by atoms with Crippen LogP contribution in [0.2, 0.25) is 5.02 Å². The molecule has 1 saturated heterocycles. The molecule has 2 aliphatic heterocycles. The van der Waals surface area contributed by atoms with E-state index in [9.17, 15) is 13.2 Å². The molecule has 0 N–H and O–H groups in total. The van der Waals surface area contributed by atoms with Gasteiger partial charge in [-0.2, -0.15) is 4.31 Å². The lowest BCUT2D eigenvalue weighted by Gasteiger charge is -2.35. The molecule has 1 amide bonds. The Bertz CT molecular complexity index is 1140. The number of fused-ring (bicyclic) bond motifs is 1. The Kier molecular flexibility index (Phi) is 6.86. The zero-order valence-corrected chi connectivity index (χ0v) is 21.2. The maximum absolute atomic E-state index is 13.5. The van der Waals surface area contributed by atoms with E-state index in [4.69, 9.17) is 16.3 Å². The molecule has 6 nitrogen and oxygen atoms in total. The molecule has 32 heavy (non-hydrogen) atoms. The molecule has 2 aliphatic rings. The number of rotatable bonds is 5. The fraction of sp³-hybridized carbons (Fsp3) is 0.435. The highest BCUT2D eigenvalue weighted by Gasteiger charge is 2.39. The lowest BCUT2D eigenvalue weighted by molar-refractivity contribution is -0.123. The number of hydrogen-bond donors (Lipinski definition) is 0. The molecule has 0 spiro atoms. The second-order valence-electron chi connectivity index (χ2n) is 8.26. The molecule has 2 atom stereocenters. The molecule has 1 fully saturated rings. The fourth-order valence-corrected chi connectivity index (χ4v) is 6.92. The molecule has 2 aromatic rings. The first kappa shape index (κ1) is 23.5. The van der Waals surface area contributed by atoms with Crippen LogP contribution >= 0.6 is 27.5 Å². The van der Waals surface area contributed by atoms with Gasteiger partial charge in [0, 0.05) is 34.3 Å². The van der Waals surface area contributed by atoms with Crippen LogP contribution in [0, 0.1) is 5.92 Å². The summed E-state index contributed by atoms with van der Waals surface area (Å²) in [5.41, 5.74) is 2.04. The maximum atomic E-state index is 13.5. The average molecular weight is 542 g/mol. The third-order valence-electron chi connectivity index (χ3n) is 6.05. The molecule has 0 aliphatic carbocycles. The SMILES string of the molecule is CCOc1ccc(Cl)cc1S(=O)(=O)N1CCCC(C(=O)N2c3ccc(Br)cc3CC2C)C1. The Morgan fingerprint density at radius 3 is 2.78 bits per heavy atom. The van der Waals surface area contributed by atoms with Gasteiger partial charge in [-0.3, -0.25) is 4.79 Å². The van der Waals surface area contributed by atoms with Crippen molar-refractivity contribution in [2.75, 3.05) is 24.6 Å². The Morgan fingerprint density at radius 1 is 1.25 bits per heavy atom. The first-order valence-electron chi connectivity index (χ1n) is 10.8. The molecule has 172 valence electrons. The van der Waals surface area contributed by atoms with E-state index in [0.29, 0.717) is 31.0 Å². The summed E-state index contributed by atoms with van der Waals surface area (Å²) in [7, 11) is -3.86. The fourth-order valence-electron chi connectivity index (χ4n) is 4.59. The summed E-state index contributed by atoms with van der Waals surface area (Å²) in [5, 5.41) is 0.324. The third kappa shape index (κ3) is 4.42. The summed E-state index contributed by atoms with van der Waals surface area (Å²) in [6.07, 6.45) is 2.07. The normalized spacial score (nSPS) is 21.4. The van der Waals surface area contributed by atoms with Gasteiger partial charge < -0.3 is 9.64 Å². The Labute approximate surface area is 202 Å². The lowest BCUT2D eigenvalue weighted by Crippen LogP contribution is -2.48. The molecule has 0 saturated carbocycles. The van der Waals surface area contributed by atoms with E-state index < -0.39 is 15.9 Å². The van der Waals surface area contributed by atoms with Crippen molar-refractivity contribution in [3.8, 4) is 5.75 Å². The Hall–Kier alpha value is -1.61. The van der Waals surface area contributed by atoms with Crippen LogP contribution < -0.4 is 9.64 Å². The first-order valence-corrected chi connectivity index (χ1v) is 13.4. The van der Waals surface area contributed by atoms with Gasteiger partial charge in [0.25, 0.3) is 0 Å². The van der Waals surface area contributed by atoms with Crippen molar-refractivity contribution in [3.05, 3.63) is 51.5 Å². The van der Waals surface area contributed by atoms with Gasteiger partial charge in [0.15, 0.2) is 0 Å². The summed E-state index contributed by atoms with van der Waals surface area (Å²) in [5.74, 6) is -0.141. The highest BCUT2D eigenvalue weighted by atomic mass is 79.9. The molecule has 2 heterocycles. The minimum Gasteiger partial charge on any atom is -0.492 e. The second-order valence-corrected chi connectivity index (χ2v) is 11.5. The molecule has 0 aromatic heterocycles. The highest BCUT2D eigenvalue weighted by molar-refractivity contribution is 9.10. The number of nitrogens with zero attached hydrogens (tertiary/aromatic N) is 2. The predicted octanol–water partition coefficient (Wildman–Crippen LogP) is 4.88. The van der Waals surface area contributed by atoms with Crippen LogP contribution in [0.1, 0.15) is 32.3 Å². The zero-order valence-electron chi connectivity index (χ0n) is 18.1. The lowest BCUT2D eigenvalue weighted by atomic mass is 9.97. The van der Waals surface area contributed by atoms with Gasteiger partial charge in [0.05, 0.1) is 12.5 Å². The summed E-state index contributed by atoms with van der Waals surface area (Å²) in [4.78, 5) is 15.4. The van der Waals surface area contributed by atoms with Crippen LogP contribution in [0.4, 0.5) is 5.69 Å². The van der Waals surface area contributed by atoms with Crippen LogP contribution in [-0.4, -0.2) is 44.4 Å². The number of benzene rings is 2. The predicted molar refractivity (Wildman–Crippen MR) is 129 cm³/mol. The quantitative estimate of drug-likeness (QED) is 0.541. The molecule has 9 heteroatoms. The van der Waals surface area contributed by atoms with Crippen molar-refractivity contribution >= 4 is 49.1 Å². The van der Waals surface area contributed by atoms with Crippen molar-refractivity contribution < 1.29 is 17.9 Å². The number of amides is 1. The molecule has 0 radical (unpaired) electrons. The number of ether oxygens (including phenoxy) is 1. The van der Waals surface area contributed by atoms with Gasteiger partial charge in [0.2, 0.25) is 15.9 Å². The van der Waals surface area contributed by atoms with Crippen LogP contribution in [0.15, 0.2) is 45.8 Å². The second kappa shape index (κ2) is 9.33. The summed E-state index contributed by atoms with van der Waals surface area (Å²) in [6.45, 7) is 4.68. The summed E-state index contributed by atoms with van der Waals surface area (Å²) < 4.78 is 34.9. The number of piperidine rings is 1. The van der Waals surface area contributed by atoms with E-state index in [-0.39, 0.29) is 29.1 Å². The Morgan fingerprint density at radius 2 is 2.03 bits per heavy atom. The molecule has 4 rings (SSSR count). The van der Waals surface area contributed by atoms with Gasteiger partial charge in [-0.25, -0.2) is 8.42 Å². The van der Waals surface area contributed by atoms with E-state index in [2.05, 4.69) is 15.9 Å². The van der Waals surface area contributed by atoms with Crippen molar-refractivity contribution in [1.29, 1.82) is 0 Å². The molecular formula is C23H26BrClN2O4S. The average Bonchev–Trinajstić information content (AvgIpc) is 3.09. The van der Waals surface area contributed by atoms with Gasteiger partial charge >= 0.3 is 0 Å². The van der Waals surface area contributed by atoms with E-state index in [1.165, 1.54) is 10.4 Å². The van der Waals surface area contributed by atoms with Crippen LogP contribution in [0.3, 0.4) is 0 Å². The van der Waals surface area contributed by atoms with Crippen molar-refractivity contribution in [2.24, 2.45) is 5.92 Å². The summed E-state index contributed by atoms with van der Waals surface area (Å²) >= 11 is 9.60. The van der Waals surface area contributed by atoms with Gasteiger partial charge in [0.1, 0.15) is 10.6 Å². The minimum atomic E-state index is -3.86. The van der Waals surface area contributed by atoms with E-state index in [0.717, 1.165) is 22.1 Å². The largest absolute Gasteiger partial charge is 0.492 e. The first-order chi connectivity index (χ1) is 15.2. The molecular weight excluding hydrogens is 516 g/mol. The number of carbonyl (C=O) groups excluding carboxylic acids is 1. The number of halogens is 2. The number of anilines is 1. The monoisotopic (exact) mass is 540 g/mol. The minimum absolute atomic E-state index is 0.0189. The van der Waals surface area contributed by atoms with Gasteiger partial charge in [-0.15, -0.1) is 0 Å². The van der Waals surface area contributed by atoms with Crippen LogP contribution in [-0.2, 0) is 21.2 Å². The number of carbonyl (C=O) groups is 1. The smallest absolute Gasteiger partial charge is 0.246 e. The van der Waals surface area contributed by atoms with Gasteiger partial charge in [-0.1, -0.05) is 27.5 Å². The van der Waals surface area contributed by atoms with Crippen LogP contribution in [0.5, 0.6) is 5.75 Å². The molecule has 2 aromatic carbocycles. The standard InChI is InChI=1S/C23H26BrClN2O4S/c1-3-31-21-9-7-19(25)13-22(21)32(29,30)26-10-4-5-16(14-26)23(28)27-15(2)11-17-12-18(24)6-8-20(17)27/h6-9,12-13,15-16H,3-5,10-11,14H2,1-2H3. The van der Waals surface area contributed by atoms with E-state index >= 15 is 0 Å². The number of sulfonamides is 1. The topological polar surface area (TPSA) is 66.9 Å². The summed E-state index contributed by atoms with van der Waals surface area (Å²) in [6, 6.07) is 10.6.